The number of rotatable bonds is 11. The normalized spacial score (nSPS) is 16.8. The molecule has 14 heteroatoms. The second-order valence-electron chi connectivity index (χ2n) is 17.3. The molecule has 0 fully saturated rings. The molecule has 0 aromatic carbocycles. The molecule has 0 unspecified atom stereocenters. The summed E-state index contributed by atoms with van der Waals surface area (Å²) in [6.07, 6.45) is 3.47. The van der Waals surface area contributed by atoms with E-state index in [1.54, 1.807) is 63.7 Å². The van der Waals surface area contributed by atoms with Crippen LogP contribution in [0, 0.1) is 0 Å². The van der Waals surface area contributed by atoms with E-state index in [1.165, 1.54) is 4.90 Å². The van der Waals surface area contributed by atoms with Crippen molar-refractivity contribution >= 4 is 29.8 Å². The van der Waals surface area contributed by atoms with Gasteiger partial charge in [-0.2, -0.15) is 0 Å². The fourth-order valence-corrected chi connectivity index (χ4v) is 4.95. The van der Waals surface area contributed by atoms with E-state index in [4.69, 9.17) is 18.9 Å². The lowest BCUT2D eigenvalue weighted by Crippen LogP contribution is -2.49. The number of amides is 1. The maximum absolute atomic E-state index is 13.7. The minimum Gasteiger partial charge on any atom is -0.459 e. The molecule has 1 amide bonds. The van der Waals surface area contributed by atoms with Crippen molar-refractivity contribution < 1.29 is 42.9 Å². The first-order valence-electron chi connectivity index (χ1n) is 17.9. The van der Waals surface area contributed by atoms with Crippen LogP contribution in [-0.4, -0.2) is 155 Å². The third kappa shape index (κ3) is 22.2. The maximum atomic E-state index is 13.7. The van der Waals surface area contributed by atoms with Gasteiger partial charge in [-0.25, -0.2) is 0 Å². The molecule has 0 N–H and O–H groups in total. The molecular formula is C37H67N5O9. The Kier molecular flexibility index (Phi) is 17.4. The molecule has 0 aliphatic carbocycles. The van der Waals surface area contributed by atoms with Crippen molar-refractivity contribution in [2.45, 2.75) is 125 Å². The van der Waals surface area contributed by atoms with Gasteiger partial charge in [-0.15, -0.1) is 0 Å². The van der Waals surface area contributed by atoms with Crippen molar-refractivity contribution in [2.75, 3.05) is 72.0 Å². The summed E-state index contributed by atoms with van der Waals surface area (Å²) in [5.41, 5.74) is -2.70. The summed E-state index contributed by atoms with van der Waals surface area (Å²) in [6.45, 7) is 27.2. The average molecular weight is 726 g/mol. The van der Waals surface area contributed by atoms with Crippen LogP contribution in [0.15, 0.2) is 12.4 Å². The summed E-state index contributed by atoms with van der Waals surface area (Å²) in [7, 11) is 0. The molecule has 0 bridgehead atoms. The molecule has 294 valence electrons. The standard InChI is InChI=1S/C37H67N5O9/c1-28(2)42(27-33(47)51-37(12,13)14)29(43)23-38-15-17-39(24-30(44)48-34(3,4)5)19-21-41(26-32(46)50-36(9,10)11)22-20-40(18-16-38)25-31(45)49-35(6,7)8/h15,17,28H,16,18-27H2,1-14H3/b17-15-. The first-order chi connectivity index (χ1) is 23.1. The van der Waals surface area contributed by atoms with Gasteiger partial charge in [0.05, 0.1) is 19.6 Å². The van der Waals surface area contributed by atoms with Crippen molar-refractivity contribution in [3.8, 4) is 0 Å². The van der Waals surface area contributed by atoms with E-state index < -0.39 is 40.3 Å². The predicted octanol–water partition coefficient (Wildman–Crippen LogP) is 3.28. The van der Waals surface area contributed by atoms with E-state index in [9.17, 15) is 24.0 Å². The van der Waals surface area contributed by atoms with E-state index in [2.05, 4.69) is 0 Å². The zero-order valence-electron chi connectivity index (χ0n) is 33.9. The number of nitrogens with zero attached hydrogens (tertiary/aromatic N) is 5. The highest BCUT2D eigenvalue weighted by atomic mass is 16.6. The van der Waals surface area contributed by atoms with Gasteiger partial charge < -0.3 is 33.6 Å². The van der Waals surface area contributed by atoms with E-state index >= 15 is 0 Å². The van der Waals surface area contributed by atoms with Crippen LogP contribution in [0.25, 0.3) is 0 Å². The molecule has 0 saturated carbocycles. The second-order valence-corrected chi connectivity index (χ2v) is 17.3. The molecule has 0 aromatic rings. The summed E-state index contributed by atoms with van der Waals surface area (Å²) in [5.74, 6) is -1.98. The molecule has 0 saturated heterocycles. The maximum Gasteiger partial charge on any atom is 0.326 e. The third-order valence-electron chi connectivity index (χ3n) is 6.93. The Bertz CT molecular complexity index is 1190. The van der Waals surface area contributed by atoms with Crippen molar-refractivity contribution in [1.82, 2.24) is 24.5 Å². The van der Waals surface area contributed by atoms with Gasteiger partial charge in [0.2, 0.25) is 5.91 Å². The lowest BCUT2D eigenvalue weighted by Gasteiger charge is -2.34. The molecule has 0 aromatic heterocycles. The van der Waals surface area contributed by atoms with Gasteiger partial charge in [0.15, 0.2) is 0 Å². The van der Waals surface area contributed by atoms with Crippen molar-refractivity contribution in [3.63, 3.8) is 0 Å². The van der Waals surface area contributed by atoms with Gasteiger partial charge in [-0.05, 0) is 96.9 Å². The SMILES string of the molecule is CC(C)N(CC(=O)OC(C)(C)C)C(=O)CN1/C=C\N(CC(=O)OC(C)(C)C)CCN(CC(=O)OC(C)(C)C)CCN(CC(=O)OC(C)(C)C)CC1. The van der Waals surface area contributed by atoms with Crippen LogP contribution < -0.4 is 0 Å². The molecular weight excluding hydrogens is 658 g/mol. The van der Waals surface area contributed by atoms with Gasteiger partial charge in [0.25, 0.3) is 0 Å². The van der Waals surface area contributed by atoms with Gasteiger partial charge in [-0.3, -0.25) is 33.8 Å². The summed E-state index contributed by atoms with van der Waals surface area (Å²) in [4.78, 5) is 74.1. The number of carbonyl (C=O) groups is 5. The summed E-state index contributed by atoms with van der Waals surface area (Å²) >= 11 is 0. The van der Waals surface area contributed by atoms with E-state index in [-0.39, 0.29) is 50.6 Å². The Labute approximate surface area is 306 Å². The highest BCUT2D eigenvalue weighted by molar-refractivity contribution is 5.84. The summed E-state index contributed by atoms with van der Waals surface area (Å²) in [6, 6.07) is -0.273. The van der Waals surface area contributed by atoms with E-state index in [0.29, 0.717) is 39.3 Å². The number of ether oxygens (including phenoxy) is 4. The number of hydrogen-bond donors (Lipinski definition) is 0. The lowest BCUT2D eigenvalue weighted by molar-refractivity contribution is -0.160. The fraction of sp³-hybridized carbons (Fsp3) is 0.811. The average Bonchev–Trinajstić information content (AvgIpc) is 2.88. The third-order valence-corrected chi connectivity index (χ3v) is 6.93. The van der Waals surface area contributed by atoms with Crippen LogP contribution in [0.4, 0.5) is 0 Å². The van der Waals surface area contributed by atoms with Gasteiger partial charge in [0, 0.05) is 57.7 Å². The smallest absolute Gasteiger partial charge is 0.326 e. The Morgan fingerprint density at radius 1 is 0.510 bits per heavy atom. The summed E-state index contributed by atoms with van der Waals surface area (Å²) < 4.78 is 22.3. The van der Waals surface area contributed by atoms with Crippen LogP contribution >= 0.6 is 0 Å². The topological polar surface area (TPSA) is 138 Å². The minimum atomic E-state index is -0.694. The van der Waals surface area contributed by atoms with E-state index in [1.807, 2.05) is 65.2 Å². The molecule has 1 aliphatic rings. The van der Waals surface area contributed by atoms with Crippen LogP contribution in [-0.2, 0) is 42.9 Å². The predicted molar refractivity (Wildman–Crippen MR) is 195 cm³/mol. The number of esters is 4. The van der Waals surface area contributed by atoms with Crippen LogP contribution in [0.5, 0.6) is 0 Å². The molecule has 51 heavy (non-hydrogen) atoms. The molecule has 0 spiro atoms. The van der Waals surface area contributed by atoms with Gasteiger partial charge >= 0.3 is 23.9 Å². The highest BCUT2D eigenvalue weighted by Gasteiger charge is 2.27. The first-order valence-corrected chi connectivity index (χ1v) is 17.9. The zero-order valence-corrected chi connectivity index (χ0v) is 33.9. The minimum absolute atomic E-state index is 0.00454. The van der Waals surface area contributed by atoms with E-state index in [0.717, 1.165) is 0 Å². The molecule has 0 atom stereocenters. The Morgan fingerprint density at radius 3 is 1.18 bits per heavy atom. The lowest BCUT2D eigenvalue weighted by atomic mass is 10.2. The Morgan fingerprint density at radius 2 is 0.824 bits per heavy atom. The summed E-state index contributed by atoms with van der Waals surface area (Å²) in [5, 5.41) is 0. The largest absolute Gasteiger partial charge is 0.459 e. The van der Waals surface area contributed by atoms with Gasteiger partial charge in [-0.1, -0.05) is 0 Å². The van der Waals surface area contributed by atoms with Crippen molar-refractivity contribution in [2.24, 2.45) is 0 Å². The molecule has 14 nitrogen and oxygen atoms in total. The quantitative estimate of drug-likeness (QED) is 0.228. The second kappa shape index (κ2) is 19.4. The Balaban J connectivity index is 3.46. The van der Waals surface area contributed by atoms with Crippen LogP contribution in [0.3, 0.4) is 0 Å². The van der Waals surface area contributed by atoms with Crippen LogP contribution in [0.2, 0.25) is 0 Å². The fourth-order valence-electron chi connectivity index (χ4n) is 4.95. The monoisotopic (exact) mass is 725 g/mol. The van der Waals surface area contributed by atoms with Crippen LogP contribution in [0.1, 0.15) is 96.9 Å². The first kappa shape index (κ1) is 45.6. The van der Waals surface area contributed by atoms with Gasteiger partial charge in [0.1, 0.15) is 35.5 Å². The molecule has 1 aliphatic heterocycles. The van der Waals surface area contributed by atoms with Crippen molar-refractivity contribution in [1.29, 1.82) is 0 Å². The number of carbonyl (C=O) groups excluding carboxylic acids is 5. The molecule has 1 heterocycles. The highest BCUT2D eigenvalue weighted by Crippen LogP contribution is 2.13. The Hall–Kier alpha value is -3.39. The number of hydrogen-bond acceptors (Lipinski definition) is 13. The zero-order chi connectivity index (χ0) is 39.4. The molecule has 1 rings (SSSR count). The molecule has 0 radical (unpaired) electrons. The van der Waals surface area contributed by atoms with Crippen molar-refractivity contribution in [3.05, 3.63) is 12.4 Å².